The van der Waals surface area contributed by atoms with Gasteiger partial charge in [0.1, 0.15) is 24.4 Å². The second-order valence-corrected chi connectivity index (χ2v) is 9.63. The molecule has 1 amide bonds. The van der Waals surface area contributed by atoms with Gasteiger partial charge < -0.3 is 24.3 Å². The molecular formula is C18H31NO8S. The third-order valence-corrected chi connectivity index (χ3v) is 4.95. The number of rotatable bonds is 8. The van der Waals surface area contributed by atoms with E-state index in [0.717, 1.165) is 6.26 Å². The Kier molecular flexibility index (Phi) is 6.95. The molecule has 28 heavy (non-hydrogen) atoms. The van der Waals surface area contributed by atoms with Crippen LogP contribution in [0.5, 0.6) is 0 Å². The van der Waals surface area contributed by atoms with Crippen molar-refractivity contribution in [2.75, 3.05) is 12.9 Å². The molecule has 2 fully saturated rings. The van der Waals surface area contributed by atoms with Gasteiger partial charge in [-0.15, -0.1) is 6.58 Å². The van der Waals surface area contributed by atoms with Crippen molar-refractivity contribution >= 4 is 16.0 Å². The lowest BCUT2D eigenvalue weighted by Gasteiger charge is -2.33. The molecule has 2 aliphatic heterocycles. The van der Waals surface area contributed by atoms with Crippen LogP contribution in [-0.2, 0) is 38.0 Å². The van der Waals surface area contributed by atoms with Crippen molar-refractivity contribution in [3.63, 3.8) is 0 Å². The predicted molar refractivity (Wildman–Crippen MR) is 101 cm³/mol. The average Bonchev–Trinajstić information content (AvgIpc) is 3.02. The van der Waals surface area contributed by atoms with Crippen LogP contribution in [0.2, 0.25) is 0 Å². The average molecular weight is 422 g/mol. The second kappa shape index (κ2) is 8.37. The zero-order valence-electron chi connectivity index (χ0n) is 17.3. The molecule has 0 unspecified atom stereocenters. The summed E-state index contributed by atoms with van der Waals surface area (Å²) in [7, 11) is -3.86. The summed E-state index contributed by atoms with van der Waals surface area (Å²) in [5.41, 5.74) is 0. The fourth-order valence-electron chi connectivity index (χ4n) is 3.50. The normalized spacial score (nSPS) is 31.3. The van der Waals surface area contributed by atoms with E-state index in [4.69, 9.17) is 23.1 Å². The highest BCUT2D eigenvalue weighted by atomic mass is 32.2. The minimum atomic E-state index is -3.86. The van der Waals surface area contributed by atoms with E-state index < -0.39 is 52.2 Å². The van der Waals surface area contributed by atoms with Crippen LogP contribution in [0.1, 0.15) is 41.0 Å². The number of nitrogens with one attached hydrogen (secondary N) is 1. The number of ether oxygens (including phenoxy) is 4. The molecule has 0 spiro atoms. The molecule has 0 aliphatic carbocycles. The third kappa shape index (κ3) is 6.23. The number of hydrogen-bond acceptors (Lipinski definition) is 8. The largest absolute Gasteiger partial charge is 0.351 e. The van der Waals surface area contributed by atoms with E-state index in [2.05, 4.69) is 11.9 Å². The van der Waals surface area contributed by atoms with E-state index in [1.54, 1.807) is 33.8 Å². The summed E-state index contributed by atoms with van der Waals surface area (Å²) in [6.45, 7) is 12.3. The molecule has 2 aliphatic rings. The fraction of sp³-hybridized carbons (Fsp3) is 0.833. The fourth-order valence-corrected chi connectivity index (χ4v) is 4.15. The molecule has 1 N–H and O–H groups in total. The molecule has 162 valence electrons. The van der Waals surface area contributed by atoms with Crippen LogP contribution in [0.4, 0.5) is 0 Å². The molecule has 0 bridgehead atoms. The molecule has 0 aromatic rings. The van der Waals surface area contributed by atoms with E-state index in [-0.39, 0.29) is 18.9 Å². The van der Waals surface area contributed by atoms with Gasteiger partial charge in [-0.25, -0.2) is 0 Å². The Morgan fingerprint density at radius 3 is 2.36 bits per heavy atom. The van der Waals surface area contributed by atoms with Crippen LogP contribution >= 0.6 is 0 Å². The Bertz CT molecular complexity index is 690. The summed E-state index contributed by atoms with van der Waals surface area (Å²) in [6, 6.07) is -0.690. The van der Waals surface area contributed by atoms with Crippen molar-refractivity contribution in [3.05, 3.63) is 12.7 Å². The van der Waals surface area contributed by atoms with Crippen molar-refractivity contribution in [2.24, 2.45) is 0 Å². The van der Waals surface area contributed by atoms with E-state index in [1.165, 1.54) is 6.92 Å². The standard InChI is InChI=1S/C18H31NO8S/c1-8-9-12(19-11(2)20)14(27-28(7,21)22)16-15(25-18(5,6)26-16)13-10-23-17(3,4)24-13/h8,12-16H,1,9-10H2,2-7H3,(H,19,20)/t12-,13-,14+,15-,16-/m1/s1. The Hall–Kier alpha value is -1.04. The molecule has 9 nitrogen and oxygen atoms in total. The SMILES string of the molecule is C=CC[C@@H](NC(C)=O)[C@H](OS(C)(=O)=O)[C@H]1OC(C)(C)O[C@@H]1[C@H]1COC(C)(C)O1. The van der Waals surface area contributed by atoms with E-state index in [0.29, 0.717) is 0 Å². The lowest BCUT2D eigenvalue weighted by atomic mass is 9.96. The van der Waals surface area contributed by atoms with Gasteiger partial charge in [-0.1, -0.05) is 6.08 Å². The van der Waals surface area contributed by atoms with E-state index in [9.17, 15) is 13.2 Å². The van der Waals surface area contributed by atoms with Gasteiger partial charge in [0.15, 0.2) is 11.6 Å². The predicted octanol–water partition coefficient (Wildman–Crippen LogP) is 1.08. The van der Waals surface area contributed by atoms with Gasteiger partial charge in [0.2, 0.25) is 5.91 Å². The molecular weight excluding hydrogens is 390 g/mol. The van der Waals surface area contributed by atoms with Crippen molar-refractivity contribution < 1.29 is 36.3 Å². The van der Waals surface area contributed by atoms with Gasteiger partial charge in [-0.3, -0.25) is 8.98 Å². The van der Waals surface area contributed by atoms with E-state index >= 15 is 0 Å². The first-order chi connectivity index (χ1) is 12.7. The highest BCUT2D eigenvalue weighted by Gasteiger charge is 2.54. The molecule has 2 rings (SSSR count). The highest BCUT2D eigenvalue weighted by Crippen LogP contribution is 2.38. The van der Waals surface area contributed by atoms with Gasteiger partial charge in [0.05, 0.1) is 18.9 Å². The zero-order valence-corrected chi connectivity index (χ0v) is 18.1. The smallest absolute Gasteiger partial charge is 0.264 e. The minimum absolute atomic E-state index is 0.255. The first-order valence-electron chi connectivity index (χ1n) is 9.17. The highest BCUT2D eigenvalue weighted by molar-refractivity contribution is 7.86. The van der Waals surface area contributed by atoms with E-state index in [1.807, 2.05) is 0 Å². The van der Waals surface area contributed by atoms with Gasteiger partial charge in [0, 0.05) is 6.92 Å². The van der Waals surface area contributed by atoms with Crippen LogP contribution in [-0.4, -0.2) is 69.2 Å². The number of carbonyl (C=O) groups is 1. The van der Waals surface area contributed by atoms with Crippen LogP contribution in [0.25, 0.3) is 0 Å². The van der Waals surface area contributed by atoms with Crippen LogP contribution < -0.4 is 5.32 Å². The lowest BCUT2D eigenvalue weighted by Crippen LogP contribution is -2.55. The van der Waals surface area contributed by atoms with Crippen molar-refractivity contribution in [1.82, 2.24) is 5.32 Å². The Morgan fingerprint density at radius 2 is 1.89 bits per heavy atom. The quantitative estimate of drug-likeness (QED) is 0.458. The number of hydrogen-bond donors (Lipinski definition) is 1. The molecule has 10 heteroatoms. The Labute approximate surface area is 166 Å². The summed E-state index contributed by atoms with van der Waals surface area (Å²) >= 11 is 0. The van der Waals surface area contributed by atoms with Gasteiger partial charge in [-0.2, -0.15) is 8.42 Å². The Balaban J connectivity index is 2.39. The molecule has 0 aromatic heterocycles. The zero-order chi connectivity index (χ0) is 21.3. The summed E-state index contributed by atoms with van der Waals surface area (Å²) in [6.07, 6.45) is -0.223. The van der Waals surface area contributed by atoms with Crippen molar-refractivity contribution in [2.45, 2.75) is 83.1 Å². The maximum absolute atomic E-state index is 12.0. The molecule has 2 heterocycles. The summed E-state index contributed by atoms with van der Waals surface area (Å²) in [5, 5.41) is 2.73. The Morgan fingerprint density at radius 1 is 1.25 bits per heavy atom. The molecule has 2 saturated heterocycles. The first kappa shape index (κ1) is 23.2. The lowest BCUT2D eigenvalue weighted by molar-refractivity contribution is -0.175. The molecule has 5 atom stereocenters. The van der Waals surface area contributed by atoms with Gasteiger partial charge >= 0.3 is 0 Å². The monoisotopic (exact) mass is 421 g/mol. The first-order valence-corrected chi connectivity index (χ1v) is 11.0. The second-order valence-electron chi connectivity index (χ2n) is 8.03. The summed E-state index contributed by atoms with van der Waals surface area (Å²) < 4.78 is 52.9. The van der Waals surface area contributed by atoms with Gasteiger partial charge in [0.25, 0.3) is 10.1 Å². The third-order valence-electron chi connectivity index (χ3n) is 4.38. The molecule has 0 radical (unpaired) electrons. The molecule has 0 aromatic carbocycles. The summed E-state index contributed by atoms with van der Waals surface area (Å²) in [4.78, 5) is 11.7. The number of amides is 1. The van der Waals surface area contributed by atoms with Gasteiger partial charge in [-0.05, 0) is 34.1 Å². The van der Waals surface area contributed by atoms with Crippen molar-refractivity contribution in [3.8, 4) is 0 Å². The molecule has 0 saturated carbocycles. The van der Waals surface area contributed by atoms with Crippen molar-refractivity contribution in [1.29, 1.82) is 0 Å². The number of carbonyl (C=O) groups excluding carboxylic acids is 1. The van der Waals surface area contributed by atoms with Crippen LogP contribution in [0.15, 0.2) is 12.7 Å². The minimum Gasteiger partial charge on any atom is -0.351 e. The van der Waals surface area contributed by atoms with Crippen LogP contribution in [0.3, 0.4) is 0 Å². The van der Waals surface area contributed by atoms with Crippen LogP contribution in [0, 0.1) is 0 Å². The maximum Gasteiger partial charge on any atom is 0.264 e. The summed E-state index contributed by atoms with van der Waals surface area (Å²) in [5.74, 6) is -2.12. The topological polar surface area (TPSA) is 109 Å². The maximum atomic E-state index is 12.0.